The summed E-state index contributed by atoms with van der Waals surface area (Å²) in [6.07, 6.45) is 0.735. The minimum absolute atomic E-state index is 0.00103. The van der Waals surface area contributed by atoms with Crippen LogP contribution in [-0.2, 0) is 9.53 Å². The van der Waals surface area contributed by atoms with Crippen LogP contribution in [0.25, 0.3) is 11.1 Å². The van der Waals surface area contributed by atoms with Crippen LogP contribution in [0.1, 0.15) is 43.2 Å². The molecule has 2 N–H and O–H groups in total. The molecule has 5 heteroatoms. The lowest BCUT2D eigenvalue weighted by molar-refractivity contribution is -0.140. The minimum Gasteiger partial charge on any atom is -0.481 e. The third-order valence-electron chi connectivity index (χ3n) is 5.68. The summed E-state index contributed by atoms with van der Waals surface area (Å²) in [6, 6.07) is 16.3. The van der Waals surface area contributed by atoms with Gasteiger partial charge in [-0.15, -0.1) is 0 Å². The number of fused-ring (bicyclic) bond motifs is 3. The summed E-state index contributed by atoms with van der Waals surface area (Å²) in [7, 11) is 0. The Balaban J connectivity index is 1.46. The zero-order chi connectivity index (χ0) is 19.0. The summed E-state index contributed by atoms with van der Waals surface area (Å²) < 4.78 is 5.54. The van der Waals surface area contributed by atoms with E-state index >= 15 is 0 Å². The van der Waals surface area contributed by atoms with Gasteiger partial charge < -0.3 is 15.2 Å². The van der Waals surface area contributed by atoms with Crippen molar-refractivity contribution in [2.75, 3.05) is 6.61 Å². The van der Waals surface area contributed by atoms with Crippen molar-refractivity contribution in [3.8, 4) is 11.1 Å². The fourth-order valence-electron chi connectivity index (χ4n) is 4.71. The van der Waals surface area contributed by atoms with E-state index in [2.05, 4.69) is 36.5 Å². The molecule has 0 spiro atoms. The van der Waals surface area contributed by atoms with E-state index in [-0.39, 0.29) is 18.9 Å². The van der Waals surface area contributed by atoms with Crippen molar-refractivity contribution in [2.45, 2.75) is 37.6 Å². The number of aliphatic carboxylic acids is 1. The maximum atomic E-state index is 12.4. The predicted octanol–water partition coefficient (Wildman–Crippen LogP) is 4.17. The van der Waals surface area contributed by atoms with Crippen LogP contribution in [0.5, 0.6) is 0 Å². The Labute approximate surface area is 158 Å². The number of nitrogens with one attached hydrogen (secondary N) is 1. The van der Waals surface area contributed by atoms with Crippen LogP contribution in [0.15, 0.2) is 48.5 Å². The van der Waals surface area contributed by atoms with Crippen LogP contribution in [0.4, 0.5) is 4.79 Å². The average molecular weight is 365 g/mol. The van der Waals surface area contributed by atoms with Crippen LogP contribution in [0.3, 0.4) is 0 Å². The molecule has 0 saturated heterocycles. The van der Waals surface area contributed by atoms with Crippen molar-refractivity contribution in [3.63, 3.8) is 0 Å². The van der Waals surface area contributed by atoms with Gasteiger partial charge in [-0.1, -0.05) is 55.5 Å². The molecule has 0 unspecified atom stereocenters. The van der Waals surface area contributed by atoms with Crippen LogP contribution in [0, 0.1) is 5.92 Å². The lowest BCUT2D eigenvalue weighted by Gasteiger charge is -2.45. The van der Waals surface area contributed by atoms with Crippen LogP contribution in [0.2, 0.25) is 0 Å². The van der Waals surface area contributed by atoms with E-state index in [4.69, 9.17) is 9.84 Å². The number of ether oxygens (including phenoxy) is 1. The maximum Gasteiger partial charge on any atom is 0.407 e. The van der Waals surface area contributed by atoms with Crippen molar-refractivity contribution >= 4 is 12.1 Å². The van der Waals surface area contributed by atoms with E-state index < -0.39 is 17.6 Å². The van der Waals surface area contributed by atoms with Crippen molar-refractivity contribution in [1.29, 1.82) is 0 Å². The first kappa shape index (κ1) is 17.6. The van der Waals surface area contributed by atoms with E-state index in [1.54, 1.807) is 0 Å². The van der Waals surface area contributed by atoms with E-state index in [1.807, 2.05) is 24.3 Å². The number of carbonyl (C=O) groups is 2. The lowest BCUT2D eigenvalue weighted by atomic mass is 9.67. The van der Waals surface area contributed by atoms with E-state index in [1.165, 1.54) is 11.1 Å². The van der Waals surface area contributed by atoms with Crippen molar-refractivity contribution in [1.82, 2.24) is 5.32 Å². The number of rotatable bonds is 5. The molecule has 1 amide bonds. The molecular weight excluding hydrogens is 342 g/mol. The molecule has 2 aliphatic rings. The van der Waals surface area contributed by atoms with Gasteiger partial charge in [-0.3, -0.25) is 4.79 Å². The topological polar surface area (TPSA) is 75.6 Å². The first-order chi connectivity index (χ1) is 13.0. The molecule has 0 aliphatic heterocycles. The highest BCUT2D eigenvalue weighted by molar-refractivity contribution is 5.79. The van der Waals surface area contributed by atoms with Gasteiger partial charge in [0.1, 0.15) is 6.61 Å². The molecule has 0 bridgehead atoms. The molecule has 4 rings (SSSR count). The van der Waals surface area contributed by atoms with Crippen molar-refractivity contribution < 1.29 is 19.4 Å². The monoisotopic (exact) mass is 365 g/mol. The van der Waals surface area contributed by atoms with Gasteiger partial charge in [0.25, 0.3) is 0 Å². The van der Waals surface area contributed by atoms with Gasteiger partial charge in [0.2, 0.25) is 0 Å². The van der Waals surface area contributed by atoms with Gasteiger partial charge in [-0.05, 0) is 41.0 Å². The van der Waals surface area contributed by atoms with Gasteiger partial charge in [-0.2, -0.15) is 0 Å². The Morgan fingerprint density at radius 1 is 1.07 bits per heavy atom. The molecular formula is C22H23NO4. The Hall–Kier alpha value is -2.82. The number of carboxylic acids is 1. The summed E-state index contributed by atoms with van der Waals surface area (Å²) in [5, 5.41) is 12.0. The number of hydrogen-bond donors (Lipinski definition) is 2. The largest absolute Gasteiger partial charge is 0.481 e. The fraction of sp³-hybridized carbons (Fsp3) is 0.364. The Bertz CT molecular complexity index is 840. The molecule has 1 saturated carbocycles. The highest BCUT2D eigenvalue weighted by atomic mass is 16.5. The first-order valence-electron chi connectivity index (χ1n) is 9.32. The van der Waals surface area contributed by atoms with E-state index in [0.29, 0.717) is 18.8 Å². The minimum atomic E-state index is -0.902. The molecule has 1 fully saturated rings. The van der Waals surface area contributed by atoms with E-state index in [9.17, 15) is 9.59 Å². The Kier molecular flexibility index (Phi) is 4.38. The highest BCUT2D eigenvalue weighted by Crippen LogP contribution is 2.44. The zero-order valence-electron chi connectivity index (χ0n) is 15.3. The molecule has 27 heavy (non-hydrogen) atoms. The number of alkyl carbamates (subject to hydrolysis) is 1. The van der Waals surface area contributed by atoms with Crippen LogP contribution < -0.4 is 5.32 Å². The SMILES string of the molecule is CC1CC(CC(=O)O)(NC(=O)OCC2c3ccccc3-c3ccccc32)C1. The second-order valence-corrected chi connectivity index (χ2v) is 7.81. The summed E-state index contributed by atoms with van der Waals surface area (Å²) in [5.41, 5.74) is 4.00. The summed E-state index contributed by atoms with van der Waals surface area (Å²) in [5.74, 6) is -0.488. The molecule has 0 radical (unpaired) electrons. The number of carboxylic acid groups (broad SMARTS) is 1. The van der Waals surface area contributed by atoms with Gasteiger partial charge >= 0.3 is 12.1 Å². The molecule has 2 aromatic rings. The number of carbonyl (C=O) groups excluding carboxylic acids is 1. The third kappa shape index (κ3) is 3.29. The molecule has 5 nitrogen and oxygen atoms in total. The molecule has 140 valence electrons. The summed E-state index contributed by atoms with van der Waals surface area (Å²) in [4.78, 5) is 23.5. The molecule has 0 aromatic heterocycles. The van der Waals surface area contributed by atoms with Crippen LogP contribution >= 0.6 is 0 Å². The lowest BCUT2D eigenvalue weighted by Crippen LogP contribution is -2.58. The molecule has 2 aromatic carbocycles. The predicted molar refractivity (Wildman–Crippen MR) is 102 cm³/mol. The van der Waals surface area contributed by atoms with Crippen LogP contribution in [-0.4, -0.2) is 29.3 Å². The van der Waals surface area contributed by atoms with E-state index in [0.717, 1.165) is 11.1 Å². The number of amides is 1. The maximum absolute atomic E-state index is 12.4. The molecule has 0 atom stereocenters. The molecule has 0 heterocycles. The number of benzene rings is 2. The zero-order valence-corrected chi connectivity index (χ0v) is 15.3. The third-order valence-corrected chi connectivity index (χ3v) is 5.68. The second kappa shape index (κ2) is 6.72. The quantitative estimate of drug-likeness (QED) is 0.834. The van der Waals surface area contributed by atoms with Crippen molar-refractivity contribution in [3.05, 3.63) is 59.7 Å². The smallest absolute Gasteiger partial charge is 0.407 e. The number of hydrogen-bond acceptors (Lipinski definition) is 3. The summed E-state index contributed by atoms with van der Waals surface area (Å²) in [6.45, 7) is 2.29. The summed E-state index contributed by atoms with van der Waals surface area (Å²) >= 11 is 0. The van der Waals surface area contributed by atoms with Gasteiger partial charge in [0, 0.05) is 5.92 Å². The second-order valence-electron chi connectivity index (χ2n) is 7.81. The van der Waals surface area contributed by atoms with Crippen molar-refractivity contribution in [2.24, 2.45) is 5.92 Å². The normalized spacial score (nSPS) is 23.1. The standard InChI is InChI=1S/C22H23NO4/c1-14-10-22(11-14,12-20(24)25)23-21(26)27-13-19-17-8-4-2-6-15(17)16-7-3-5-9-18(16)19/h2-9,14,19H,10-13H2,1H3,(H,23,26)(H,24,25). The average Bonchev–Trinajstić information content (AvgIpc) is 2.92. The fourth-order valence-corrected chi connectivity index (χ4v) is 4.71. The van der Waals surface area contributed by atoms with Gasteiger partial charge in [0.15, 0.2) is 0 Å². The first-order valence-corrected chi connectivity index (χ1v) is 9.32. The van der Waals surface area contributed by atoms with Gasteiger partial charge in [-0.25, -0.2) is 4.79 Å². The Morgan fingerprint density at radius 3 is 2.15 bits per heavy atom. The van der Waals surface area contributed by atoms with Gasteiger partial charge in [0.05, 0.1) is 12.0 Å². The molecule has 2 aliphatic carbocycles. The highest BCUT2D eigenvalue weighted by Gasteiger charge is 2.45. The Morgan fingerprint density at radius 2 is 1.63 bits per heavy atom.